The van der Waals surface area contributed by atoms with Crippen LogP contribution in [0.4, 0.5) is 4.79 Å². The van der Waals surface area contributed by atoms with Crippen LogP contribution in [0, 0.1) is 12.8 Å². The second kappa shape index (κ2) is 6.71. The maximum absolute atomic E-state index is 12.0. The monoisotopic (exact) mass is 304 g/mol. The molecule has 1 N–H and O–H groups in total. The molecule has 2 amide bonds. The molecule has 0 bridgehead atoms. The van der Waals surface area contributed by atoms with Crippen molar-refractivity contribution < 1.29 is 4.79 Å². The van der Waals surface area contributed by atoms with Crippen LogP contribution in [-0.2, 0) is 6.54 Å². The van der Waals surface area contributed by atoms with Crippen LogP contribution in [0.15, 0.2) is 6.20 Å². The molecule has 1 aromatic heterocycles. The lowest BCUT2D eigenvalue weighted by Gasteiger charge is -2.34. The smallest absolute Gasteiger partial charge is 0.317 e. The Morgan fingerprint density at radius 3 is 2.86 bits per heavy atom. The molecule has 3 rings (SSSR count). The van der Waals surface area contributed by atoms with Gasteiger partial charge in [-0.3, -0.25) is 0 Å². The van der Waals surface area contributed by atoms with Gasteiger partial charge in [0, 0.05) is 44.0 Å². The summed E-state index contributed by atoms with van der Waals surface area (Å²) < 4.78 is 2.41. The molecule has 1 unspecified atom stereocenters. The molecule has 2 fully saturated rings. The number of carbonyl (C=O) groups is 1. The number of hydrogen-bond acceptors (Lipinski definition) is 2. The maximum Gasteiger partial charge on any atom is 0.317 e. The largest absolute Gasteiger partial charge is 0.338 e. The van der Waals surface area contributed by atoms with E-state index in [4.69, 9.17) is 0 Å². The van der Waals surface area contributed by atoms with Gasteiger partial charge in [-0.15, -0.1) is 0 Å². The number of carbonyl (C=O) groups excluding carboxylic acids is 1. The van der Waals surface area contributed by atoms with Crippen molar-refractivity contribution in [2.75, 3.05) is 19.6 Å². The summed E-state index contributed by atoms with van der Waals surface area (Å²) in [7, 11) is 0. The van der Waals surface area contributed by atoms with Gasteiger partial charge < -0.3 is 14.8 Å². The number of piperidine rings is 1. The second-order valence-corrected chi connectivity index (χ2v) is 6.79. The summed E-state index contributed by atoms with van der Waals surface area (Å²) in [5, 5.41) is 2.92. The highest BCUT2D eigenvalue weighted by molar-refractivity contribution is 5.74. The van der Waals surface area contributed by atoms with E-state index in [1.807, 2.05) is 18.0 Å². The molecule has 1 saturated heterocycles. The zero-order valence-electron chi connectivity index (χ0n) is 13.8. The Bertz CT molecular complexity index is 521. The SMILES string of the molecule is CCNC(=O)N1CCCC(Cn2c(C)cnc2C2CCC2)C1. The molecule has 1 aromatic rings. The summed E-state index contributed by atoms with van der Waals surface area (Å²) in [6.07, 6.45) is 8.23. The summed E-state index contributed by atoms with van der Waals surface area (Å²) >= 11 is 0. The Kier molecular flexibility index (Phi) is 4.69. The van der Waals surface area contributed by atoms with Crippen molar-refractivity contribution in [1.29, 1.82) is 0 Å². The van der Waals surface area contributed by atoms with Gasteiger partial charge in [0.25, 0.3) is 0 Å². The van der Waals surface area contributed by atoms with Crippen molar-refractivity contribution in [3.05, 3.63) is 17.7 Å². The molecule has 1 aliphatic heterocycles. The van der Waals surface area contributed by atoms with Crippen molar-refractivity contribution in [3.63, 3.8) is 0 Å². The van der Waals surface area contributed by atoms with Crippen LogP contribution in [0.1, 0.15) is 56.5 Å². The van der Waals surface area contributed by atoms with Crippen molar-refractivity contribution in [2.45, 2.75) is 58.4 Å². The molecule has 1 aliphatic carbocycles. The molecule has 0 radical (unpaired) electrons. The summed E-state index contributed by atoms with van der Waals surface area (Å²) in [4.78, 5) is 18.7. The number of hydrogen-bond donors (Lipinski definition) is 1. The first kappa shape index (κ1) is 15.4. The van der Waals surface area contributed by atoms with E-state index in [1.165, 1.54) is 37.2 Å². The Balaban J connectivity index is 1.65. The molecule has 5 heteroatoms. The zero-order chi connectivity index (χ0) is 15.5. The Morgan fingerprint density at radius 1 is 1.36 bits per heavy atom. The topological polar surface area (TPSA) is 50.2 Å². The minimum absolute atomic E-state index is 0.0915. The highest BCUT2D eigenvalue weighted by atomic mass is 16.2. The van der Waals surface area contributed by atoms with E-state index < -0.39 is 0 Å². The fraction of sp³-hybridized carbons (Fsp3) is 0.765. The minimum Gasteiger partial charge on any atom is -0.338 e. The molecular formula is C17H28N4O. The molecule has 2 heterocycles. The van der Waals surface area contributed by atoms with Crippen molar-refractivity contribution in [1.82, 2.24) is 19.8 Å². The normalized spacial score (nSPS) is 22.5. The number of urea groups is 1. The van der Waals surface area contributed by atoms with Gasteiger partial charge in [0.1, 0.15) is 5.82 Å². The number of aryl methyl sites for hydroxylation is 1. The van der Waals surface area contributed by atoms with Gasteiger partial charge >= 0.3 is 6.03 Å². The van der Waals surface area contributed by atoms with Gasteiger partial charge in [0.2, 0.25) is 0 Å². The number of imidazole rings is 1. The number of likely N-dealkylation sites (tertiary alicyclic amines) is 1. The molecule has 1 saturated carbocycles. The van der Waals surface area contributed by atoms with E-state index in [0.29, 0.717) is 18.4 Å². The Morgan fingerprint density at radius 2 is 2.18 bits per heavy atom. The average Bonchev–Trinajstić information content (AvgIpc) is 2.80. The van der Waals surface area contributed by atoms with Crippen LogP contribution < -0.4 is 5.32 Å². The lowest BCUT2D eigenvalue weighted by atomic mass is 9.84. The predicted octanol–water partition coefficient (Wildman–Crippen LogP) is 2.90. The van der Waals surface area contributed by atoms with Crippen LogP contribution in [0.25, 0.3) is 0 Å². The Labute approximate surface area is 133 Å². The molecule has 5 nitrogen and oxygen atoms in total. The van der Waals surface area contributed by atoms with Gasteiger partial charge in [-0.2, -0.15) is 0 Å². The molecule has 22 heavy (non-hydrogen) atoms. The van der Waals surface area contributed by atoms with Gasteiger partial charge in [-0.05, 0) is 45.4 Å². The van der Waals surface area contributed by atoms with Crippen LogP contribution in [-0.4, -0.2) is 40.1 Å². The van der Waals surface area contributed by atoms with Gasteiger partial charge in [0.05, 0.1) is 0 Å². The quantitative estimate of drug-likeness (QED) is 0.930. The summed E-state index contributed by atoms with van der Waals surface area (Å²) in [6, 6.07) is 0.0915. The standard InChI is InChI=1S/C17H28N4O/c1-3-18-17(22)20-9-5-6-14(11-20)12-21-13(2)10-19-16(21)15-7-4-8-15/h10,14-15H,3-9,11-12H2,1-2H3,(H,18,22). The predicted molar refractivity (Wildman–Crippen MR) is 86.9 cm³/mol. The van der Waals surface area contributed by atoms with Gasteiger partial charge in [-0.1, -0.05) is 6.42 Å². The third-order valence-corrected chi connectivity index (χ3v) is 5.13. The highest BCUT2D eigenvalue weighted by Crippen LogP contribution is 2.36. The third-order valence-electron chi connectivity index (χ3n) is 5.13. The molecule has 122 valence electrons. The first-order valence-corrected chi connectivity index (χ1v) is 8.73. The van der Waals surface area contributed by atoms with Crippen LogP contribution in [0.5, 0.6) is 0 Å². The van der Waals surface area contributed by atoms with E-state index in [1.54, 1.807) is 0 Å². The fourth-order valence-electron chi connectivity index (χ4n) is 3.63. The van der Waals surface area contributed by atoms with E-state index in [2.05, 4.69) is 21.8 Å². The lowest BCUT2D eigenvalue weighted by molar-refractivity contribution is 0.158. The average molecular weight is 304 g/mol. The molecule has 0 spiro atoms. The zero-order valence-corrected chi connectivity index (χ0v) is 13.8. The fourth-order valence-corrected chi connectivity index (χ4v) is 3.63. The van der Waals surface area contributed by atoms with Crippen LogP contribution in [0.2, 0.25) is 0 Å². The van der Waals surface area contributed by atoms with Crippen LogP contribution >= 0.6 is 0 Å². The van der Waals surface area contributed by atoms with E-state index in [9.17, 15) is 4.79 Å². The summed E-state index contributed by atoms with van der Waals surface area (Å²) in [5.74, 6) is 2.48. The maximum atomic E-state index is 12.0. The molecular weight excluding hydrogens is 276 g/mol. The van der Waals surface area contributed by atoms with Crippen LogP contribution in [0.3, 0.4) is 0 Å². The number of amides is 2. The highest BCUT2D eigenvalue weighted by Gasteiger charge is 2.28. The first-order chi connectivity index (χ1) is 10.7. The van der Waals surface area contributed by atoms with E-state index in [0.717, 1.165) is 26.1 Å². The summed E-state index contributed by atoms with van der Waals surface area (Å²) in [5.41, 5.74) is 1.26. The third kappa shape index (κ3) is 3.13. The number of aromatic nitrogens is 2. The lowest BCUT2D eigenvalue weighted by Crippen LogP contribution is -2.46. The van der Waals surface area contributed by atoms with Gasteiger partial charge in [0.15, 0.2) is 0 Å². The summed E-state index contributed by atoms with van der Waals surface area (Å²) in [6.45, 7) is 7.59. The van der Waals surface area contributed by atoms with E-state index >= 15 is 0 Å². The Hall–Kier alpha value is -1.52. The van der Waals surface area contributed by atoms with Crippen molar-refractivity contribution >= 4 is 6.03 Å². The molecule has 2 aliphatic rings. The number of rotatable bonds is 4. The van der Waals surface area contributed by atoms with Gasteiger partial charge in [-0.25, -0.2) is 9.78 Å². The first-order valence-electron chi connectivity index (χ1n) is 8.73. The van der Waals surface area contributed by atoms with Crippen molar-refractivity contribution in [3.8, 4) is 0 Å². The second-order valence-electron chi connectivity index (χ2n) is 6.79. The molecule has 1 atom stereocenters. The minimum atomic E-state index is 0.0915. The number of nitrogens with zero attached hydrogens (tertiary/aromatic N) is 3. The molecule has 0 aromatic carbocycles. The van der Waals surface area contributed by atoms with Crippen molar-refractivity contribution in [2.24, 2.45) is 5.92 Å². The van der Waals surface area contributed by atoms with E-state index in [-0.39, 0.29) is 6.03 Å². The number of nitrogens with one attached hydrogen (secondary N) is 1.